The number of hydrogen-bond donors (Lipinski definition) is 1. The summed E-state index contributed by atoms with van der Waals surface area (Å²) in [7, 11) is 0. The Labute approximate surface area is 84.1 Å². The van der Waals surface area contributed by atoms with Crippen LogP contribution in [0.5, 0.6) is 0 Å². The highest BCUT2D eigenvalue weighted by atomic mass is 79.9. The smallest absolute Gasteiger partial charge is 0.179 e. The second-order valence-electron chi connectivity index (χ2n) is 2.71. The fourth-order valence-corrected chi connectivity index (χ4v) is 1.61. The van der Waals surface area contributed by atoms with Gasteiger partial charge in [0.2, 0.25) is 0 Å². The van der Waals surface area contributed by atoms with Crippen LogP contribution in [-0.2, 0) is 0 Å². The average molecular weight is 246 g/mol. The highest BCUT2D eigenvalue weighted by Gasteiger charge is 2.12. The van der Waals surface area contributed by atoms with Crippen LogP contribution in [0, 0.1) is 12.7 Å². The molecule has 4 heteroatoms. The van der Waals surface area contributed by atoms with Crippen molar-refractivity contribution >= 4 is 21.7 Å². The molecule has 0 saturated carbocycles. The number of rotatable bonds is 2. The van der Waals surface area contributed by atoms with Crippen molar-refractivity contribution in [2.45, 2.75) is 6.92 Å². The zero-order valence-corrected chi connectivity index (χ0v) is 8.69. The molecule has 0 saturated heterocycles. The van der Waals surface area contributed by atoms with Crippen LogP contribution >= 0.6 is 15.9 Å². The van der Waals surface area contributed by atoms with Crippen molar-refractivity contribution in [3.63, 3.8) is 0 Å². The molecule has 1 aromatic rings. The Bertz CT molecular complexity index is 352. The summed E-state index contributed by atoms with van der Waals surface area (Å²) in [6.45, 7) is 1.43. The van der Waals surface area contributed by atoms with Crippen molar-refractivity contribution in [2.24, 2.45) is 5.73 Å². The van der Waals surface area contributed by atoms with Crippen molar-refractivity contribution in [3.05, 3.63) is 33.5 Å². The number of benzene rings is 1. The van der Waals surface area contributed by atoms with E-state index in [4.69, 9.17) is 5.73 Å². The molecule has 0 radical (unpaired) electrons. The zero-order valence-electron chi connectivity index (χ0n) is 7.10. The topological polar surface area (TPSA) is 43.1 Å². The Hall–Kier alpha value is -0.740. The molecule has 0 heterocycles. The molecule has 0 unspecified atom stereocenters. The lowest BCUT2D eigenvalue weighted by atomic mass is 10.1. The lowest BCUT2D eigenvalue weighted by Crippen LogP contribution is -2.15. The largest absolute Gasteiger partial charge is 0.324 e. The molecule has 70 valence electrons. The van der Waals surface area contributed by atoms with Gasteiger partial charge in [0.1, 0.15) is 5.82 Å². The first kappa shape index (κ1) is 10.3. The number of Topliss-reactive ketones (excluding diaryl/α,β-unsaturated/α-hetero) is 1. The molecule has 1 rings (SSSR count). The van der Waals surface area contributed by atoms with Gasteiger partial charge in [-0.25, -0.2) is 4.39 Å². The van der Waals surface area contributed by atoms with Crippen LogP contribution in [0.2, 0.25) is 0 Å². The van der Waals surface area contributed by atoms with E-state index in [1.54, 1.807) is 13.0 Å². The summed E-state index contributed by atoms with van der Waals surface area (Å²) >= 11 is 3.18. The number of carbonyl (C=O) groups is 1. The third-order valence-electron chi connectivity index (χ3n) is 1.71. The lowest BCUT2D eigenvalue weighted by molar-refractivity contribution is 0.0997. The summed E-state index contributed by atoms with van der Waals surface area (Å²) in [5.41, 5.74) is 5.63. The molecule has 0 aromatic heterocycles. The third-order valence-corrected chi connectivity index (χ3v) is 2.16. The van der Waals surface area contributed by atoms with E-state index < -0.39 is 5.82 Å². The number of aryl methyl sites for hydroxylation is 1. The number of hydrogen-bond acceptors (Lipinski definition) is 2. The van der Waals surface area contributed by atoms with Gasteiger partial charge < -0.3 is 5.73 Å². The van der Waals surface area contributed by atoms with Crippen LogP contribution in [0.15, 0.2) is 16.6 Å². The van der Waals surface area contributed by atoms with Gasteiger partial charge in [0.15, 0.2) is 5.78 Å². The molecule has 13 heavy (non-hydrogen) atoms. The van der Waals surface area contributed by atoms with Crippen LogP contribution in [0.3, 0.4) is 0 Å². The maximum Gasteiger partial charge on any atom is 0.179 e. The molecule has 1 aromatic carbocycles. The van der Waals surface area contributed by atoms with Crippen LogP contribution in [0.25, 0.3) is 0 Å². The number of halogens is 2. The zero-order chi connectivity index (χ0) is 10.0. The van der Waals surface area contributed by atoms with Crippen molar-refractivity contribution < 1.29 is 9.18 Å². The van der Waals surface area contributed by atoms with Crippen LogP contribution in [0.4, 0.5) is 4.39 Å². The molecule has 0 aliphatic rings. The predicted octanol–water partition coefficient (Wildman–Crippen LogP) is 2.04. The van der Waals surface area contributed by atoms with Crippen molar-refractivity contribution in [1.29, 1.82) is 0 Å². The molecule has 0 amide bonds. The van der Waals surface area contributed by atoms with E-state index >= 15 is 0 Å². The molecular formula is C9H9BrFNO. The highest BCUT2D eigenvalue weighted by molar-refractivity contribution is 9.10. The van der Waals surface area contributed by atoms with E-state index in [-0.39, 0.29) is 17.9 Å². The number of ketones is 1. The summed E-state index contributed by atoms with van der Waals surface area (Å²) < 4.78 is 14.0. The lowest BCUT2D eigenvalue weighted by Gasteiger charge is -2.04. The minimum absolute atomic E-state index is 0.0503. The van der Waals surface area contributed by atoms with E-state index in [0.29, 0.717) is 10.0 Å². The van der Waals surface area contributed by atoms with Gasteiger partial charge in [0.05, 0.1) is 12.1 Å². The number of carbonyl (C=O) groups excluding carboxylic acids is 1. The monoisotopic (exact) mass is 245 g/mol. The standard InChI is InChI=1S/C9H9BrFNO/c1-5-2-6(10)3-7(9(5)11)8(13)4-12/h2-3H,4,12H2,1H3. The Morgan fingerprint density at radius 3 is 2.77 bits per heavy atom. The SMILES string of the molecule is Cc1cc(Br)cc(C(=O)CN)c1F. The molecule has 2 N–H and O–H groups in total. The van der Waals surface area contributed by atoms with Crippen molar-refractivity contribution in [2.75, 3.05) is 6.54 Å². The second kappa shape index (κ2) is 3.98. The van der Waals surface area contributed by atoms with E-state index in [0.717, 1.165) is 0 Å². The molecule has 0 fully saturated rings. The average Bonchev–Trinajstić information content (AvgIpc) is 2.10. The molecule has 0 aliphatic heterocycles. The van der Waals surface area contributed by atoms with Gasteiger partial charge in [-0.15, -0.1) is 0 Å². The summed E-state index contributed by atoms with van der Waals surface area (Å²) in [4.78, 5) is 11.2. The highest BCUT2D eigenvalue weighted by Crippen LogP contribution is 2.19. The van der Waals surface area contributed by atoms with Crippen LogP contribution in [0.1, 0.15) is 15.9 Å². The maximum absolute atomic E-state index is 13.3. The normalized spacial score (nSPS) is 10.2. The van der Waals surface area contributed by atoms with Crippen LogP contribution in [-0.4, -0.2) is 12.3 Å². The Kier molecular flexibility index (Phi) is 3.17. The van der Waals surface area contributed by atoms with Crippen molar-refractivity contribution in [3.8, 4) is 0 Å². The molecule has 0 atom stereocenters. The first-order valence-electron chi connectivity index (χ1n) is 3.75. The molecule has 0 spiro atoms. The van der Waals surface area contributed by atoms with Crippen molar-refractivity contribution in [1.82, 2.24) is 0 Å². The second-order valence-corrected chi connectivity index (χ2v) is 3.63. The number of nitrogens with two attached hydrogens (primary N) is 1. The maximum atomic E-state index is 13.3. The fourth-order valence-electron chi connectivity index (χ4n) is 1.04. The van der Waals surface area contributed by atoms with Gasteiger partial charge in [0, 0.05) is 4.47 Å². The van der Waals surface area contributed by atoms with Gasteiger partial charge in [-0.1, -0.05) is 15.9 Å². The first-order valence-corrected chi connectivity index (χ1v) is 4.54. The van der Waals surface area contributed by atoms with E-state index in [9.17, 15) is 9.18 Å². The van der Waals surface area contributed by atoms with E-state index in [1.165, 1.54) is 6.07 Å². The minimum atomic E-state index is -0.487. The van der Waals surface area contributed by atoms with E-state index in [2.05, 4.69) is 15.9 Å². The van der Waals surface area contributed by atoms with Gasteiger partial charge in [-0.2, -0.15) is 0 Å². The molecule has 0 aliphatic carbocycles. The van der Waals surface area contributed by atoms with Gasteiger partial charge in [-0.05, 0) is 24.6 Å². The van der Waals surface area contributed by atoms with Gasteiger partial charge in [-0.3, -0.25) is 4.79 Å². The summed E-state index contributed by atoms with van der Waals surface area (Å²) in [5, 5.41) is 0. The Balaban J connectivity index is 3.28. The minimum Gasteiger partial charge on any atom is -0.324 e. The van der Waals surface area contributed by atoms with Gasteiger partial charge >= 0.3 is 0 Å². The van der Waals surface area contributed by atoms with E-state index in [1.807, 2.05) is 0 Å². The summed E-state index contributed by atoms with van der Waals surface area (Å²) in [5.74, 6) is -0.874. The molecular weight excluding hydrogens is 237 g/mol. The quantitative estimate of drug-likeness (QED) is 0.811. The predicted molar refractivity (Wildman–Crippen MR) is 52.2 cm³/mol. The summed E-state index contributed by atoms with van der Waals surface area (Å²) in [6, 6.07) is 3.06. The van der Waals surface area contributed by atoms with Gasteiger partial charge in [0.25, 0.3) is 0 Å². The summed E-state index contributed by atoms with van der Waals surface area (Å²) in [6.07, 6.45) is 0. The molecule has 2 nitrogen and oxygen atoms in total. The Morgan fingerprint density at radius 2 is 2.23 bits per heavy atom. The molecule has 0 bridgehead atoms. The fraction of sp³-hybridized carbons (Fsp3) is 0.222. The first-order chi connectivity index (χ1) is 6.06. The third kappa shape index (κ3) is 2.14. The van der Waals surface area contributed by atoms with Crippen LogP contribution < -0.4 is 5.73 Å². The Morgan fingerprint density at radius 1 is 1.62 bits per heavy atom.